The van der Waals surface area contributed by atoms with Gasteiger partial charge in [-0.1, -0.05) is 23.7 Å². The highest BCUT2D eigenvalue weighted by Gasteiger charge is 2.57. The van der Waals surface area contributed by atoms with E-state index in [0.717, 1.165) is 58.5 Å². The van der Waals surface area contributed by atoms with Gasteiger partial charge in [0.25, 0.3) is 0 Å². The number of hydrogen-bond donors (Lipinski definition) is 2. The third-order valence-corrected chi connectivity index (χ3v) is 6.70. The summed E-state index contributed by atoms with van der Waals surface area (Å²) in [4.78, 5) is 18.4. The van der Waals surface area contributed by atoms with Gasteiger partial charge in [0, 0.05) is 21.4 Å². The van der Waals surface area contributed by atoms with Gasteiger partial charge >= 0.3 is 0 Å². The van der Waals surface area contributed by atoms with E-state index in [-0.39, 0.29) is 17.2 Å². The molecule has 2 N–H and O–H groups in total. The topological polar surface area (TPSA) is 54.0 Å². The van der Waals surface area contributed by atoms with Crippen molar-refractivity contribution in [1.82, 2.24) is 15.6 Å². The number of amides is 1. The molecule has 6 heteroatoms. The number of carbonyl (C=O) groups excluding carboxylic acids is 1. The standard InChI is InChI=1S/C19H22ClN3OS/c1-12-17(13-2-4-14(20)5-3-13)23-16(25-12)11-22-18(24)15-10-19(15)6-8-21-9-7-19/h2-5,15,21H,6-11H2,1H3,(H,22,24). The molecule has 1 amide bonds. The molecule has 1 unspecified atom stereocenters. The zero-order valence-corrected chi connectivity index (χ0v) is 15.8. The lowest BCUT2D eigenvalue weighted by Crippen LogP contribution is -2.33. The fraction of sp³-hybridized carbons (Fsp3) is 0.474. The van der Waals surface area contributed by atoms with Crippen LogP contribution in [0.15, 0.2) is 24.3 Å². The maximum Gasteiger partial charge on any atom is 0.224 e. The molecule has 4 rings (SSSR count). The van der Waals surface area contributed by atoms with Gasteiger partial charge in [0.1, 0.15) is 5.01 Å². The second-order valence-electron chi connectivity index (χ2n) is 7.11. The molecule has 132 valence electrons. The minimum absolute atomic E-state index is 0.197. The number of thiazole rings is 1. The Morgan fingerprint density at radius 2 is 2.08 bits per heavy atom. The van der Waals surface area contributed by atoms with Gasteiger partial charge in [-0.2, -0.15) is 0 Å². The molecule has 2 heterocycles. The van der Waals surface area contributed by atoms with E-state index < -0.39 is 0 Å². The van der Waals surface area contributed by atoms with E-state index in [9.17, 15) is 4.79 Å². The number of aromatic nitrogens is 1. The van der Waals surface area contributed by atoms with Crippen LogP contribution < -0.4 is 10.6 Å². The van der Waals surface area contributed by atoms with Gasteiger partial charge in [-0.15, -0.1) is 11.3 Å². The van der Waals surface area contributed by atoms with E-state index in [4.69, 9.17) is 16.6 Å². The molecule has 4 nitrogen and oxygen atoms in total. The van der Waals surface area contributed by atoms with Gasteiger partial charge in [-0.25, -0.2) is 4.98 Å². The zero-order valence-electron chi connectivity index (χ0n) is 14.3. The van der Waals surface area contributed by atoms with Crippen molar-refractivity contribution < 1.29 is 4.79 Å². The first-order valence-corrected chi connectivity index (χ1v) is 9.97. The van der Waals surface area contributed by atoms with Gasteiger partial charge in [0.15, 0.2) is 0 Å². The molecule has 1 saturated heterocycles. The number of aryl methyl sites for hydroxylation is 1. The Morgan fingerprint density at radius 3 is 2.80 bits per heavy atom. The largest absolute Gasteiger partial charge is 0.349 e. The van der Waals surface area contributed by atoms with Crippen molar-refractivity contribution in [3.63, 3.8) is 0 Å². The summed E-state index contributed by atoms with van der Waals surface area (Å²) in [5, 5.41) is 8.16. The summed E-state index contributed by atoms with van der Waals surface area (Å²) in [5.41, 5.74) is 2.32. The molecule has 2 fully saturated rings. The van der Waals surface area contributed by atoms with Gasteiger partial charge in [-0.3, -0.25) is 4.79 Å². The van der Waals surface area contributed by atoms with Crippen molar-refractivity contribution in [2.24, 2.45) is 11.3 Å². The van der Waals surface area contributed by atoms with Crippen LogP contribution in [0.25, 0.3) is 11.3 Å². The van der Waals surface area contributed by atoms with Crippen LogP contribution in [0.4, 0.5) is 0 Å². The van der Waals surface area contributed by atoms with Crippen LogP contribution in [0.1, 0.15) is 29.1 Å². The Morgan fingerprint density at radius 1 is 1.36 bits per heavy atom. The lowest BCUT2D eigenvalue weighted by atomic mass is 9.92. The molecule has 0 bridgehead atoms. The number of rotatable bonds is 4. The third kappa shape index (κ3) is 3.46. The summed E-state index contributed by atoms with van der Waals surface area (Å²) in [5.74, 6) is 0.397. The van der Waals surface area contributed by atoms with Crippen molar-refractivity contribution in [2.45, 2.75) is 32.7 Å². The summed E-state index contributed by atoms with van der Waals surface area (Å²) >= 11 is 7.60. The normalized spacial score (nSPS) is 21.3. The minimum Gasteiger partial charge on any atom is -0.349 e. The quantitative estimate of drug-likeness (QED) is 0.855. The van der Waals surface area contributed by atoms with E-state index in [0.29, 0.717) is 6.54 Å². The Labute approximate surface area is 157 Å². The number of nitrogens with zero attached hydrogens (tertiary/aromatic N) is 1. The predicted octanol–water partition coefficient (Wildman–Crippen LogP) is 3.78. The number of hydrogen-bond acceptors (Lipinski definition) is 4. The number of halogens is 1. The highest BCUT2D eigenvalue weighted by molar-refractivity contribution is 7.12. The van der Waals surface area contributed by atoms with Crippen molar-refractivity contribution in [3.05, 3.63) is 39.2 Å². The molecule has 1 aliphatic carbocycles. The number of piperidine rings is 1. The second kappa shape index (κ2) is 6.71. The van der Waals surface area contributed by atoms with Crippen LogP contribution in [0.2, 0.25) is 5.02 Å². The molecule has 0 radical (unpaired) electrons. The highest BCUT2D eigenvalue weighted by atomic mass is 35.5. The average Bonchev–Trinajstić information content (AvgIpc) is 3.17. The Kier molecular flexibility index (Phi) is 4.56. The zero-order chi connectivity index (χ0) is 17.4. The Balaban J connectivity index is 1.38. The summed E-state index contributed by atoms with van der Waals surface area (Å²) in [6, 6.07) is 7.72. The SMILES string of the molecule is Cc1sc(CNC(=O)C2CC23CCNCC3)nc1-c1ccc(Cl)cc1. The summed E-state index contributed by atoms with van der Waals surface area (Å²) in [6.07, 6.45) is 3.30. The first-order chi connectivity index (χ1) is 12.1. The molecule has 25 heavy (non-hydrogen) atoms. The molecule has 1 atom stereocenters. The monoisotopic (exact) mass is 375 g/mol. The first-order valence-electron chi connectivity index (χ1n) is 8.78. The van der Waals surface area contributed by atoms with Crippen molar-refractivity contribution >= 4 is 28.8 Å². The molecule has 1 saturated carbocycles. The molecule has 2 aliphatic rings. The van der Waals surface area contributed by atoms with Gasteiger partial charge < -0.3 is 10.6 Å². The lowest BCUT2D eigenvalue weighted by molar-refractivity contribution is -0.123. The summed E-state index contributed by atoms with van der Waals surface area (Å²) in [7, 11) is 0. The van der Waals surface area contributed by atoms with Crippen LogP contribution >= 0.6 is 22.9 Å². The smallest absolute Gasteiger partial charge is 0.224 e. The number of nitrogens with one attached hydrogen (secondary N) is 2. The van der Waals surface area contributed by atoms with Gasteiger partial charge in [0.2, 0.25) is 5.91 Å². The fourth-order valence-electron chi connectivity index (χ4n) is 3.88. The van der Waals surface area contributed by atoms with Crippen molar-refractivity contribution in [1.29, 1.82) is 0 Å². The van der Waals surface area contributed by atoms with Crippen LogP contribution in [0.3, 0.4) is 0 Å². The van der Waals surface area contributed by atoms with Crippen LogP contribution in [0.5, 0.6) is 0 Å². The highest BCUT2D eigenvalue weighted by Crippen LogP contribution is 2.58. The van der Waals surface area contributed by atoms with Crippen LogP contribution in [0, 0.1) is 18.3 Å². The van der Waals surface area contributed by atoms with Crippen molar-refractivity contribution in [3.8, 4) is 11.3 Å². The predicted molar refractivity (Wildman–Crippen MR) is 102 cm³/mol. The molecule has 1 aliphatic heterocycles. The number of benzene rings is 1. The first kappa shape index (κ1) is 17.0. The van der Waals surface area contributed by atoms with E-state index in [2.05, 4.69) is 17.6 Å². The molecule has 1 aromatic heterocycles. The Hall–Kier alpha value is -1.43. The van der Waals surface area contributed by atoms with E-state index in [1.807, 2.05) is 24.3 Å². The minimum atomic E-state index is 0.197. The molecule has 2 aromatic rings. The molecule has 1 aromatic carbocycles. The molecular weight excluding hydrogens is 354 g/mol. The van der Waals surface area contributed by atoms with Crippen LogP contribution in [-0.2, 0) is 11.3 Å². The summed E-state index contributed by atoms with van der Waals surface area (Å²) < 4.78 is 0. The van der Waals surface area contributed by atoms with E-state index >= 15 is 0 Å². The average molecular weight is 376 g/mol. The van der Waals surface area contributed by atoms with Crippen molar-refractivity contribution in [2.75, 3.05) is 13.1 Å². The fourth-order valence-corrected chi connectivity index (χ4v) is 4.90. The maximum atomic E-state index is 12.5. The number of carbonyl (C=O) groups is 1. The van der Waals surface area contributed by atoms with E-state index in [1.54, 1.807) is 11.3 Å². The van der Waals surface area contributed by atoms with Gasteiger partial charge in [-0.05, 0) is 56.8 Å². The second-order valence-corrected chi connectivity index (χ2v) is 8.83. The van der Waals surface area contributed by atoms with Crippen LogP contribution in [-0.4, -0.2) is 24.0 Å². The van der Waals surface area contributed by atoms with Gasteiger partial charge in [0.05, 0.1) is 12.2 Å². The lowest BCUT2D eigenvalue weighted by Gasteiger charge is -2.23. The molecule has 1 spiro atoms. The third-order valence-electron chi connectivity index (χ3n) is 5.48. The maximum absolute atomic E-state index is 12.5. The Bertz CT molecular complexity index is 780. The summed E-state index contributed by atoms with van der Waals surface area (Å²) in [6.45, 7) is 4.67. The van der Waals surface area contributed by atoms with E-state index in [1.165, 1.54) is 0 Å². The molecular formula is C19H22ClN3OS.